The van der Waals surface area contributed by atoms with Crippen molar-refractivity contribution in [3.05, 3.63) is 88.9 Å². The summed E-state index contributed by atoms with van der Waals surface area (Å²) in [4.78, 5) is 36.7. The van der Waals surface area contributed by atoms with Crippen molar-refractivity contribution in [3.8, 4) is 0 Å². The molecule has 3 aromatic rings. The van der Waals surface area contributed by atoms with E-state index in [-0.39, 0.29) is 24.3 Å². The van der Waals surface area contributed by atoms with Crippen LogP contribution in [0.25, 0.3) is 0 Å². The van der Waals surface area contributed by atoms with Crippen LogP contribution in [0.15, 0.2) is 72.8 Å². The lowest BCUT2D eigenvalue weighted by molar-refractivity contribution is -0.116. The summed E-state index contributed by atoms with van der Waals surface area (Å²) >= 11 is 6.22. The number of amides is 3. The number of rotatable bonds is 10. The highest BCUT2D eigenvalue weighted by Gasteiger charge is 2.10. The standard InChI is InChI=1S/C26H27ClN4O3/c1-2-7-24(32)30-21-12-13-22(27)23(15-21)28-17-25(33)31-20-11-6-10-19(14-20)26(34)29-16-18-8-4-3-5-9-18/h3-6,8-15,28H,2,7,16-17H2,1H3,(H,29,34)(H,30,32)(H,31,33). The predicted molar refractivity (Wildman–Crippen MR) is 136 cm³/mol. The van der Waals surface area contributed by atoms with Gasteiger partial charge in [-0.25, -0.2) is 0 Å². The molecule has 0 heterocycles. The molecule has 0 bridgehead atoms. The smallest absolute Gasteiger partial charge is 0.251 e. The minimum absolute atomic E-state index is 0.0451. The normalized spacial score (nSPS) is 10.3. The number of anilines is 3. The van der Waals surface area contributed by atoms with E-state index >= 15 is 0 Å². The molecule has 3 rings (SSSR count). The van der Waals surface area contributed by atoms with Crippen LogP contribution in [-0.4, -0.2) is 24.3 Å². The first kappa shape index (κ1) is 24.8. The molecule has 3 amide bonds. The van der Waals surface area contributed by atoms with Gasteiger partial charge in [-0.05, 0) is 48.4 Å². The minimum Gasteiger partial charge on any atom is -0.375 e. The van der Waals surface area contributed by atoms with Gasteiger partial charge in [-0.1, -0.05) is 54.9 Å². The second-order valence-electron chi connectivity index (χ2n) is 7.64. The molecule has 4 N–H and O–H groups in total. The number of benzene rings is 3. The molecule has 0 atom stereocenters. The highest BCUT2D eigenvalue weighted by molar-refractivity contribution is 6.33. The zero-order chi connectivity index (χ0) is 24.3. The number of nitrogens with one attached hydrogen (secondary N) is 4. The van der Waals surface area contributed by atoms with Crippen molar-refractivity contribution in [2.75, 3.05) is 22.5 Å². The maximum Gasteiger partial charge on any atom is 0.251 e. The van der Waals surface area contributed by atoms with Gasteiger partial charge < -0.3 is 21.3 Å². The van der Waals surface area contributed by atoms with E-state index in [4.69, 9.17) is 11.6 Å². The van der Waals surface area contributed by atoms with Gasteiger partial charge in [-0.3, -0.25) is 14.4 Å². The largest absolute Gasteiger partial charge is 0.375 e. The molecule has 0 radical (unpaired) electrons. The van der Waals surface area contributed by atoms with E-state index in [0.29, 0.717) is 40.6 Å². The summed E-state index contributed by atoms with van der Waals surface area (Å²) in [6.07, 6.45) is 1.18. The summed E-state index contributed by atoms with van der Waals surface area (Å²) in [5, 5.41) is 11.8. The summed E-state index contributed by atoms with van der Waals surface area (Å²) in [5.41, 5.74) is 3.07. The Hall–Kier alpha value is -3.84. The first-order chi connectivity index (χ1) is 16.4. The second kappa shape index (κ2) is 12.4. The van der Waals surface area contributed by atoms with Crippen LogP contribution in [0.2, 0.25) is 5.02 Å². The molecular weight excluding hydrogens is 452 g/mol. The summed E-state index contributed by atoms with van der Waals surface area (Å²) in [6.45, 7) is 2.30. The van der Waals surface area contributed by atoms with Crippen LogP contribution in [0.1, 0.15) is 35.7 Å². The quantitative estimate of drug-likeness (QED) is 0.327. The van der Waals surface area contributed by atoms with Crippen LogP contribution in [0.3, 0.4) is 0 Å². The van der Waals surface area contributed by atoms with Crippen molar-refractivity contribution in [2.24, 2.45) is 0 Å². The van der Waals surface area contributed by atoms with Gasteiger partial charge in [0.15, 0.2) is 0 Å². The van der Waals surface area contributed by atoms with Gasteiger partial charge >= 0.3 is 0 Å². The topological polar surface area (TPSA) is 99.3 Å². The molecule has 0 saturated carbocycles. The number of carbonyl (C=O) groups is 3. The van der Waals surface area contributed by atoms with E-state index in [9.17, 15) is 14.4 Å². The van der Waals surface area contributed by atoms with Gasteiger partial charge in [-0.2, -0.15) is 0 Å². The molecule has 0 aliphatic rings. The fourth-order valence-electron chi connectivity index (χ4n) is 3.19. The van der Waals surface area contributed by atoms with E-state index in [1.165, 1.54) is 0 Å². The molecule has 0 aromatic heterocycles. The summed E-state index contributed by atoms with van der Waals surface area (Å²) < 4.78 is 0. The Morgan fingerprint density at radius 1 is 0.824 bits per heavy atom. The Morgan fingerprint density at radius 2 is 1.56 bits per heavy atom. The maximum atomic E-state index is 12.5. The van der Waals surface area contributed by atoms with Crippen molar-refractivity contribution in [1.29, 1.82) is 0 Å². The molecular formula is C26H27ClN4O3. The van der Waals surface area contributed by atoms with Gasteiger partial charge in [0.2, 0.25) is 11.8 Å². The van der Waals surface area contributed by atoms with Gasteiger partial charge in [-0.15, -0.1) is 0 Å². The lowest BCUT2D eigenvalue weighted by atomic mass is 10.1. The molecule has 0 spiro atoms. The SMILES string of the molecule is CCCC(=O)Nc1ccc(Cl)c(NCC(=O)Nc2cccc(C(=O)NCc3ccccc3)c2)c1. The third-order valence-electron chi connectivity index (χ3n) is 4.87. The summed E-state index contributed by atoms with van der Waals surface area (Å²) in [5.74, 6) is -0.619. The minimum atomic E-state index is -0.307. The van der Waals surface area contributed by atoms with Crippen LogP contribution < -0.4 is 21.3 Å². The Kier molecular flexibility index (Phi) is 9.05. The highest BCUT2D eigenvalue weighted by atomic mass is 35.5. The van der Waals surface area contributed by atoms with E-state index in [2.05, 4.69) is 21.3 Å². The lowest BCUT2D eigenvalue weighted by Gasteiger charge is -2.12. The zero-order valence-electron chi connectivity index (χ0n) is 18.9. The van der Waals surface area contributed by atoms with Gasteiger partial charge in [0.1, 0.15) is 0 Å². The Morgan fingerprint density at radius 3 is 2.32 bits per heavy atom. The third-order valence-corrected chi connectivity index (χ3v) is 5.20. The van der Waals surface area contributed by atoms with E-state index < -0.39 is 0 Å². The van der Waals surface area contributed by atoms with Crippen LogP contribution in [-0.2, 0) is 16.1 Å². The van der Waals surface area contributed by atoms with Crippen LogP contribution >= 0.6 is 11.6 Å². The number of hydrogen-bond donors (Lipinski definition) is 4. The van der Waals surface area contributed by atoms with Crippen molar-refractivity contribution in [1.82, 2.24) is 5.32 Å². The van der Waals surface area contributed by atoms with Gasteiger partial charge in [0.05, 0.1) is 17.3 Å². The molecule has 0 aliphatic heterocycles. The molecule has 0 fully saturated rings. The molecule has 0 unspecified atom stereocenters. The van der Waals surface area contributed by atoms with Crippen molar-refractivity contribution >= 4 is 46.4 Å². The first-order valence-corrected chi connectivity index (χ1v) is 11.4. The molecule has 176 valence electrons. The van der Waals surface area contributed by atoms with Crippen molar-refractivity contribution in [3.63, 3.8) is 0 Å². The average Bonchev–Trinajstić information content (AvgIpc) is 2.84. The number of hydrogen-bond acceptors (Lipinski definition) is 4. The predicted octanol–water partition coefficient (Wildman–Crippen LogP) is 5.06. The van der Waals surface area contributed by atoms with Gasteiger partial charge in [0, 0.05) is 29.9 Å². The molecule has 7 nitrogen and oxygen atoms in total. The maximum absolute atomic E-state index is 12.5. The van der Waals surface area contributed by atoms with Crippen molar-refractivity contribution < 1.29 is 14.4 Å². The Balaban J connectivity index is 1.54. The fourth-order valence-corrected chi connectivity index (χ4v) is 3.37. The fraction of sp³-hybridized carbons (Fsp3) is 0.192. The Labute approximate surface area is 203 Å². The van der Waals surface area contributed by atoms with E-state index in [1.54, 1.807) is 42.5 Å². The molecule has 8 heteroatoms. The summed E-state index contributed by atoms with van der Waals surface area (Å²) in [6, 6.07) is 21.4. The Bertz CT molecular complexity index is 1150. The first-order valence-electron chi connectivity index (χ1n) is 11.0. The van der Waals surface area contributed by atoms with Crippen molar-refractivity contribution in [2.45, 2.75) is 26.3 Å². The number of carbonyl (C=O) groups excluding carboxylic acids is 3. The monoisotopic (exact) mass is 478 g/mol. The summed E-state index contributed by atoms with van der Waals surface area (Å²) in [7, 11) is 0. The molecule has 0 aliphatic carbocycles. The van der Waals surface area contributed by atoms with Gasteiger partial charge in [0.25, 0.3) is 5.91 Å². The third kappa shape index (κ3) is 7.64. The molecule has 0 saturated heterocycles. The highest BCUT2D eigenvalue weighted by Crippen LogP contribution is 2.25. The van der Waals surface area contributed by atoms with Crippen LogP contribution in [0.4, 0.5) is 17.1 Å². The lowest BCUT2D eigenvalue weighted by Crippen LogP contribution is -2.24. The second-order valence-corrected chi connectivity index (χ2v) is 8.05. The average molecular weight is 479 g/mol. The van der Waals surface area contributed by atoms with Crippen LogP contribution in [0, 0.1) is 0 Å². The molecule has 3 aromatic carbocycles. The van der Waals surface area contributed by atoms with E-state index in [0.717, 1.165) is 12.0 Å². The zero-order valence-corrected chi connectivity index (χ0v) is 19.6. The molecule has 34 heavy (non-hydrogen) atoms. The number of halogens is 1. The van der Waals surface area contributed by atoms with Crippen LogP contribution in [0.5, 0.6) is 0 Å². The van der Waals surface area contributed by atoms with E-state index in [1.807, 2.05) is 37.3 Å².